The third kappa shape index (κ3) is 9.44. The van der Waals surface area contributed by atoms with Gasteiger partial charge >= 0.3 is 6.09 Å². The fourth-order valence-electron chi connectivity index (χ4n) is 2.53. The van der Waals surface area contributed by atoms with Gasteiger partial charge in [-0.05, 0) is 18.1 Å². The summed E-state index contributed by atoms with van der Waals surface area (Å²) in [7, 11) is 0. The number of hydrogen-bond acceptors (Lipinski definition) is 5. The van der Waals surface area contributed by atoms with Crippen LogP contribution in [0.3, 0.4) is 0 Å². The zero-order valence-electron chi connectivity index (χ0n) is 17.2. The molecule has 0 radical (unpaired) electrons. The first-order valence-corrected chi connectivity index (χ1v) is 9.76. The smallest absolute Gasteiger partial charge is 0.407 e. The summed E-state index contributed by atoms with van der Waals surface area (Å²) in [6.07, 6.45) is -0.743. The molecule has 0 aromatic heterocycles. The van der Waals surface area contributed by atoms with Gasteiger partial charge in [-0.25, -0.2) is 4.79 Å². The number of benzene rings is 2. The Balaban J connectivity index is 1.56. The molecule has 4 amide bonds. The highest BCUT2D eigenvalue weighted by Crippen LogP contribution is 2.10. The van der Waals surface area contributed by atoms with Gasteiger partial charge in [-0.2, -0.15) is 0 Å². The number of hydrogen-bond donors (Lipinski definition) is 4. The second-order valence-electron chi connectivity index (χ2n) is 6.67. The maximum absolute atomic E-state index is 11.9. The number of nitrogens with one attached hydrogen (secondary N) is 4. The van der Waals surface area contributed by atoms with Crippen molar-refractivity contribution in [1.82, 2.24) is 21.3 Å². The molecule has 9 nitrogen and oxygen atoms in total. The van der Waals surface area contributed by atoms with Crippen molar-refractivity contribution in [3.8, 4) is 0 Å². The number of amides is 4. The van der Waals surface area contributed by atoms with Gasteiger partial charge in [0.25, 0.3) is 0 Å². The molecule has 0 aliphatic heterocycles. The molecule has 4 N–H and O–H groups in total. The van der Waals surface area contributed by atoms with Gasteiger partial charge in [0, 0.05) is 0 Å². The molecule has 0 fully saturated rings. The average Bonchev–Trinajstić information content (AvgIpc) is 2.79. The number of rotatable bonds is 10. The van der Waals surface area contributed by atoms with Crippen LogP contribution in [0.1, 0.15) is 24.1 Å². The highest BCUT2D eigenvalue weighted by Gasteiger charge is 2.12. The molecule has 2 rings (SSSR count). The van der Waals surface area contributed by atoms with Gasteiger partial charge in [-0.1, -0.05) is 60.7 Å². The third-order valence-electron chi connectivity index (χ3n) is 4.18. The maximum Gasteiger partial charge on any atom is 0.407 e. The molecular weight excluding hydrogens is 400 g/mol. The Morgan fingerprint density at radius 3 is 1.87 bits per heavy atom. The van der Waals surface area contributed by atoms with E-state index in [0.29, 0.717) is 0 Å². The quantitative estimate of drug-likeness (QED) is 0.451. The molecule has 0 unspecified atom stereocenters. The van der Waals surface area contributed by atoms with Gasteiger partial charge in [-0.3, -0.25) is 14.4 Å². The molecule has 0 heterocycles. The normalized spacial score (nSPS) is 11.0. The monoisotopic (exact) mass is 426 g/mol. The zero-order valence-corrected chi connectivity index (χ0v) is 17.2. The minimum absolute atomic E-state index is 0.0850. The molecule has 31 heavy (non-hydrogen) atoms. The van der Waals surface area contributed by atoms with Gasteiger partial charge in [0.15, 0.2) is 0 Å². The van der Waals surface area contributed by atoms with Crippen LogP contribution in [0.5, 0.6) is 0 Å². The molecule has 0 spiro atoms. The minimum Gasteiger partial charge on any atom is -0.445 e. The molecule has 0 saturated heterocycles. The predicted octanol–water partition coefficient (Wildman–Crippen LogP) is 1.02. The lowest BCUT2D eigenvalue weighted by Crippen LogP contribution is -2.44. The first kappa shape index (κ1) is 23.4. The first-order valence-electron chi connectivity index (χ1n) is 9.76. The summed E-state index contributed by atoms with van der Waals surface area (Å²) in [5.41, 5.74) is 1.77. The Labute approximate surface area is 180 Å². The minimum atomic E-state index is -0.743. The van der Waals surface area contributed by atoms with Crippen molar-refractivity contribution < 1.29 is 23.9 Å². The Morgan fingerprint density at radius 1 is 0.742 bits per heavy atom. The van der Waals surface area contributed by atoms with E-state index in [0.717, 1.165) is 11.1 Å². The van der Waals surface area contributed by atoms with Crippen LogP contribution in [0.25, 0.3) is 0 Å². The molecule has 164 valence electrons. The Hall–Kier alpha value is -3.88. The fraction of sp³-hybridized carbons (Fsp3) is 0.273. The van der Waals surface area contributed by atoms with Gasteiger partial charge in [0.1, 0.15) is 13.2 Å². The molecule has 0 saturated carbocycles. The lowest BCUT2D eigenvalue weighted by atomic mass is 10.1. The standard InChI is InChI=1S/C22H26N4O5/c1-16(18-10-6-3-7-11-18)26-21(29)14-24-19(27)12-23-20(28)13-25-22(30)31-15-17-8-4-2-5-9-17/h2-11,16H,12-15H2,1H3,(H,23,28)(H,24,27)(H,25,30)(H,26,29)/t16-/m1/s1. The molecular formula is C22H26N4O5. The molecule has 0 aliphatic carbocycles. The second kappa shape index (κ2) is 12.6. The molecule has 2 aromatic carbocycles. The number of carbonyl (C=O) groups excluding carboxylic acids is 4. The van der Waals surface area contributed by atoms with Crippen LogP contribution in [0, 0.1) is 0 Å². The van der Waals surface area contributed by atoms with Crippen LogP contribution in [0.15, 0.2) is 60.7 Å². The summed E-state index contributed by atoms with van der Waals surface area (Å²) < 4.78 is 4.98. The summed E-state index contributed by atoms with van der Waals surface area (Å²) >= 11 is 0. The number of ether oxygens (including phenoxy) is 1. The maximum atomic E-state index is 11.9. The van der Waals surface area contributed by atoms with E-state index in [4.69, 9.17) is 4.74 Å². The Kier molecular flexibility index (Phi) is 9.54. The molecule has 0 aliphatic rings. The topological polar surface area (TPSA) is 126 Å². The molecule has 9 heteroatoms. The van der Waals surface area contributed by atoms with Gasteiger partial charge in [0.2, 0.25) is 17.7 Å². The van der Waals surface area contributed by atoms with Gasteiger partial charge < -0.3 is 26.0 Å². The van der Waals surface area contributed by atoms with Crippen LogP contribution in [-0.4, -0.2) is 43.4 Å². The van der Waals surface area contributed by atoms with Crippen molar-refractivity contribution in [2.75, 3.05) is 19.6 Å². The SMILES string of the molecule is C[C@@H](NC(=O)CNC(=O)CNC(=O)CNC(=O)OCc1ccccc1)c1ccccc1. The van der Waals surface area contributed by atoms with Crippen molar-refractivity contribution in [2.24, 2.45) is 0 Å². The van der Waals surface area contributed by atoms with Crippen molar-refractivity contribution >= 4 is 23.8 Å². The lowest BCUT2D eigenvalue weighted by molar-refractivity contribution is -0.127. The van der Waals surface area contributed by atoms with Gasteiger partial charge in [0.05, 0.1) is 19.1 Å². The van der Waals surface area contributed by atoms with Crippen LogP contribution < -0.4 is 21.3 Å². The molecule has 0 bridgehead atoms. The largest absolute Gasteiger partial charge is 0.445 e. The van der Waals surface area contributed by atoms with E-state index >= 15 is 0 Å². The highest BCUT2D eigenvalue weighted by atomic mass is 16.5. The molecule has 2 aromatic rings. The van der Waals surface area contributed by atoms with Crippen molar-refractivity contribution in [3.05, 3.63) is 71.8 Å². The Morgan fingerprint density at radius 2 is 1.26 bits per heavy atom. The van der Waals surface area contributed by atoms with E-state index in [-0.39, 0.29) is 38.2 Å². The number of alkyl carbamates (subject to hydrolysis) is 1. The van der Waals surface area contributed by atoms with E-state index in [1.807, 2.05) is 55.5 Å². The molecule has 1 atom stereocenters. The van der Waals surface area contributed by atoms with E-state index in [1.54, 1.807) is 12.1 Å². The summed E-state index contributed by atoms with van der Waals surface area (Å²) in [5, 5.41) is 9.83. The van der Waals surface area contributed by atoms with E-state index in [2.05, 4.69) is 21.3 Å². The summed E-state index contributed by atoms with van der Waals surface area (Å²) in [6, 6.07) is 18.3. The average molecular weight is 426 g/mol. The van der Waals surface area contributed by atoms with Crippen molar-refractivity contribution in [3.63, 3.8) is 0 Å². The zero-order chi connectivity index (χ0) is 22.5. The van der Waals surface area contributed by atoms with Crippen LogP contribution >= 0.6 is 0 Å². The van der Waals surface area contributed by atoms with Crippen molar-refractivity contribution in [2.45, 2.75) is 19.6 Å². The fourth-order valence-corrected chi connectivity index (χ4v) is 2.53. The highest BCUT2D eigenvalue weighted by molar-refractivity contribution is 5.89. The Bertz CT molecular complexity index is 874. The van der Waals surface area contributed by atoms with Crippen molar-refractivity contribution in [1.29, 1.82) is 0 Å². The summed E-state index contributed by atoms with van der Waals surface area (Å²) in [6.45, 7) is 1.06. The van der Waals surface area contributed by atoms with Crippen LogP contribution in [-0.2, 0) is 25.7 Å². The van der Waals surface area contributed by atoms with Crippen LogP contribution in [0.2, 0.25) is 0 Å². The van der Waals surface area contributed by atoms with Crippen LogP contribution in [0.4, 0.5) is 4.79 Å². The van der Waals surface area contributed by atoms with E-state index < -0.39 is 17.9 Å². The third-order valence-corrected chi connectivity index (χ3v) is 4.18. The van der Waals surface area contributed by atoms with Gasteiger partial charge in [-0.15, -0.1) is 0 Å². The number of carbonyl (C=O) groups is 4. The first-order chi connectivity index (χ1) is 14.9. The summed E-state index contributed by atoms with van der Waals surface area (Å²) in [5.74, 6) is -1.43. The lowest BCUT2D eigenvalue weighted by Gasteiger charge is -2.14. The predicted molar refractivity (Wildman–Crippen MR) is 114 cm³/mol. The second-order valence-corrected chi connectivity index (χ2v) is 6.67. The van der Waals surface area contributed by atoms with E-state index in [9.17, 15) is 19.2 Å². The van der Waals surface area contributed by atoms with E-state index in [1.165, 1.54) is 0 Å². The summed E-state index contributed by atoms with van der Waals surface area (Å²) in [4.78, 5) is 47.0.